The molecule has 0 aliphatic carbocycles. The van der Waals surface area contributed by atoms with Gasteiger partial charge >= 0.3 is 0 Å². The average Bonchev–Trinajstić information content (AvgIpc) is 2.74. The summed E-state index contributed by atoms with van der Waals surface area (Å²) >= 11 is 5.92. The zero-order valence-corrected chi connectivity index (χ0v) is 11.1. The second-order valence-corrected chi connectivity index (χ2v) is 4.95. The molecule has 0 radical (unpaired) electrons. The van der Waals surface area contributed by atoms with Crippen molar-refractivity contribution < 1.29 is 0 Å². The number of imidazole rings is 1. The molecule has 0 fully saturated rings. The van der Waals surface area contributed by atoms with Crippen molar-refractivity contribution in [3.05, 3.63) is 58.9 Å². The fourth-order valence-corrected chi connectivity index (χ4v) is 2.43. The second-order valence-electron chi connectivity index (χ2n) is 4.52. The van der Waals surface area contributed by atoms with Crippen molar-refractivity contribution in [1.29, 1.82) is 0 Å². The number of pyridine rings is 1. The first-order valence-electron chi connectivity index (χ1n) is 5.86. The van der Waals surface area contributed by atoms with Crippen LogP contribution in [0.15, 0.2) is 42.6 Å². The summed E-state index contributed by atoms with van der Waals surface area (Å²) < 4.78 is 2.16. The van der Waals surface area contributed by atoms with Crippen LogP contribution in [0.25, 0.3) is 16.9 Å². The SMILES string of the molecule is Cc1cc(C)n2c(-c3ccc(Cl)cc3)cnc2c1. The van der Waals surface area contributed by atoms with E-state index in [1.807, 2.05) is 30.5 Å². The molecule has 2 nitrogen and oxygen atoms in total. The molecule has 0 saturated heterocycles. The molecule has 0 aliphatic heterocycles. The van der Waals surface area contributed by atoms with Crippen LogP contribution in [0.3, 0.4) is 0 Å². The Hall–Kier alpha value is -1.80. The maximum absolute atomic E-state index is 5.92. The molecule has 2 heterocycles. The summed E-state index contributed by atoms with van der Waals surface area (Å²) in [5.74, 6) is 0. The van der Waals surface area contributed by atoms with Gasteiger partial charge in [-0.05, 0) is 43.7 Å². The van der Waals surface area contributed by atoms with Crippen molar-refractivity contribution in [3.8, 4) is 11.3 Å². The summed E-state index contributed by atoms with van der Waals surface area (Å²) in [4.78, 5) is 4.47. The van der Waals surface area contributed by atoms with Crippen LogP contribution in [0.1, 0.15) is 11.3 Å². The van der Waals surface area contributed by atoms with E-state index in [2.05, 4.69) is 35.4 Å². The Labute approximate surface area is 111 Å². The largest absolute Gasteiger partial charge is 0.297 e. The van der Waals surface area contributed by atoms with Gasteiger partial charge in [-0.25, -0.2) is 4.98 Å². The zero-order valence-electron chi connectivity index (χ0n) is 10.3. The summed E-state index contributed by atoms with van der Waals surface area (Å²) in [6, 6.07) is 12.1. The van der Waals surface area contributed by atoms with Crippen molar-refractivity contribution >= 4 is 17.2 Å². The van der Waals surface area contributed by atoms with Crippen molar-refractivity contribution in [2.45, 2.75) is 13.8 Å². The molecule has 2 aromatic heterocycles. The van der Waals surface area contributed by atoms with Crippen LogP contribution in [-0.2, 0) is 0 Å². The summed E-state index contributed by atoms with van der Waals surface area (Å²) in [6.07, 6.45) is 1.91. The minimum atomic E-state index is 0.750. The first-order valence-corrected chi connectivity index (χ1v) is 6.23. The zero-order chi connectivity index (χ0) is 12.7. The van der Waals surface area contributed by atoms with Gasteiger partial charge in [0.2, 0.25) is 0 Å². The standard InChI is InChI=1S/C15H13ClN2/c1-10-7-11(2)18-14(9-17-15(18)8-10)12-3-5-13(16)6-4-12/h3-9H,1-2H3. The van der Waals surface area contributed by atoms with Crippen LogP contribution >= 0.6 is 11.6 Å². The number of fused-ring (bicyclic) bond motifs is 1. The lowest BCUT2D eigenvalue weighted by Crippen LogP contribution is -1.94. The molecule has 1 aromatic carbocycles. The summed E-state index contributed by atoms with van der Waals surface area (Å²) in [7, 11) is 0. The lowest BCUT2D eigenvalue weighted by molar-refractivity contribution is 1.09. The molecule has 3 aromatic rings. The number of rotatable bonds is 1. The number of aryl methyl sites for hydroxylation is 2. The van der Waals surface area contributed by atoms with E-state index in [0.717, 1.165) is 21.9 Å². The molecule has 3 rings (SSSR count). The highest BCUT2D eigenvalue weighted by molar-refractivity contribution is 6.30. The molecule has 0 aliphatic rings. The van der Waals surface area contributed by atoms with Crippen LogP contribution in [-0.4, -0.2) is 9.38 Å². The molecular formula is C15H13ClN2. The fraction of sp³-hybridized carbons (Fsp3) is 0.133. The molecule has 0 unspecified atom stereocenters. The Morgan fingerprint density at radius 1 is 1.06 bits per heavy atom. The number of nitrogens with zero attached hydrogens (tertiary/aromatic N) is 2. The van der Waals surface area contributed by atoms with Crippen LogP contribution < -0.4 is 0 Å². The number of hydrogen-bond donors (Lipinski definition) is 0. The van der Waals surface area contributed by atoms with Gasteiger partial charge in [0.05, 0.1) is 11.9 Å². The van der Waals surface area contributed by atoms with Gasteiger partial charge in [0, 0.05) is 16.3 Å². The quantitative estimate of drug-likeness (QED) is 0.636. The predicted octanol–water partition coefficient (Wildman–Crippen LogP) is 4.27. The Bertz CT molecular complexity index is 711. The highest BCUT2D eigenvalue weighted by atomic mass is 35.5. The van der Waals surface area contributed by atoms with E-state index in [-0.39, 0.29) is 0 Å². The first kappa shape index (κ1) is 11.3. The molecular weight excluding hydrogens is 244 g/mol. The van der Waals surface area contributed by atoms with Crippen molar-refractivity contribution in [1.82, 2.24) is 9.38 Å². The fourth-order valence-electron chi connectivity index (χ4n) is 2.30. The highest BCUT2D eigenvalue weighted by Crippen LogP contribution is 2.24. The van der Waals surface area contributed by atoms with Gasteiger partial charge in [0.1, 0.15) is 5.65 Å². The highest BCUT2D eigenvalue weighted by Gasteiger charge is 2.08. The summed E-state index contributed by atoms with van der Waals surface area (Å²) in [5, 5.41) is 0.750. The topological polar surface area (TPSA) is 17.3 Å². The lowest BCUT2D eigenvalue weighted by Gasteiger charge is -2.07. The summed E-state index contributed by atoms with van der Waals surface area (Å²) in [6.45, 7) is 4.19. The number of aromatic nitrogens is 2. The van der Waals surface area contributed by atoms with E-state index in [9.17, 15) is 0 Å². The van der Waals surface area contributed by atoms with Gasteiger partial charge in [-0.3, -0.25) is 4.40 Å². The van der Waals surface area contributed by atoms with Gasteiger partial charge < -0.3 is 0 Å². The number of halogens is 1. The predicted molar refractivity (Wildman–Crippen MR) is 75.1 cm³/mol. The molecule has 0 atom stereocenters. The molecule has 0 bridgehead atoms. The second kappa shape index (κ2) is 4.14. The van der Waals surface area contributed by atoms with Gasteiger partial charge in [-0.2, -0.15) is 0 Å². The smallest absolute Gasteiger partial charge is 0.137 e. The van der Waals surface area contributed by atoms with Crippen LogP contribution in [0, 0.1) is 13.8 Å². The van der Waals surface area contributed by atoms with E-state index in [1.165, 1.54) is 11.3 Å². The monoisotopic (exact) mass is 256 g/mol. The van der Waals surface area contributed by atoms with E-state index in [0.29, 0.717) is 0 Å². The Morgan fingerprint density at radius 3 is 2.50 bits per heavy atom. The minimum Gasteiger partial charge on any atom is -0.297 e. The van der Waals surface area contributed by atoms with Gasteiger partial charge in [-0.15, -0.1) is 0 Å². The Kier molecular flexibility index (Phi) is 2.60. The first-order chi connectivity index (χ1) is 8.65. The molecule has 0 spiro atoms. The summed E-state index contributed by atoms with van der Waals surface area (Å²) in [5.41, 5.74) is 5.62. The molecule has 3 heteroatoms. The maximum atomic E-state index is 5.92. The van der Waals surface area contributed by atoms with E-state index < -0.39 is 0 Å². The Balaban J connectivity index is 2.27. The lowest BCUT2D eigenvalue weighted by atomic mass is 10.1. The third-order valence-electron chi connectivity index (χ3n) is 3.08. The maximum Gasteiger partial charge on any atom is 0.137 e. The van der Waals surface area contributed by atoms with Crippen molar-refractivity contribution in [2.24, 2.45) is 0 Å². The normalized spacial score (nSPS) is 11.1. The van der Waals surface area contributed by atoms with Crippen molar-refractivity contribution in [2.75, 3.05) is 0 Å². The molecule has 90 valence electrons. The molecule has 18 heavy (non-hydrogen) atoms. The third kappa shape index (κ3) is 1.79. The number of hydrogen-bond acceptors (Lipinski definition) is 1. The van der Waals surface area contributed by atoms with Gasteiger partial charge in [0.25, 0.3) is 0 Å². The minimum absolute atomic E-state index is 0.750. The number of benzene rings is 1. The third-order valence-corrected chi connectivity index (χ3v) is 3.33. The van der Waals surface area contributed by atoms with Gasteiger partial charge in [-0.1, -0.05) is 23.7 Å². The molecule has 0 saturated carbocycles. The van der Waals surface area contributed by atoms with E-state index in [1.54, 1.807) is 0 Å². The van der Waals surface area contributed by atoms with Crippen LogP contribution in [0.2, 0.25) is 5.02 Å². The molecule has 0 N–H and O–H groups in total. The average molecular weight is 257 g/mol. The Morgan fingerprint density at radius 2 is 1.78 bits per heavy atom. The van der Waals surface area contributed by atoms with Crippen molar-refractivity contribution in [3.63, 3.8) is 0 Å². The van der Waals surface area contributed by atoms with Crippen LogP contribution in [0.5, 0.6) is 0 Å². The van der Waals surface area contributed by atoms with Gasteiger partial charge in [0.15, 0.2) is 0 Å². The van der Waals surface area contributed by atoms with E-state index in [4.69, 9.17) is 11.6 Å². The van der Waals surface area contributed by atoms with Crippen LogP contribution in [0.4, 0.5) is 0 Å². The van der Waals surface area contributed by atoms with E-state index >= 15 is 0 Å². The molecule has 0 amide bonds.